The lowest BCUT2D eigenvalue weighted by Gasteiger charge is -2.18. The highest BCUT2D eigenvalue weighted by molar-refractivity contribution is 6.10. The summed E-state index contributed by atoms with van der Waals surface area (Å²) < 4.78 is 32.6. The number of nitrogens with one attached hydrogen (secondary N) is 1. The zero-order chi connectivity index (χ0) is 16.8. The summed E-state index contributed by atoms with van der Waals surface area (Å²) in [5.41, 5.74) is 5.79. The zero-order valence-electron chi connectivity index (χ0n) is 14.8. The molecule has 2 heterocycles. The molecule has 0 fully saturated rings. The van der Waals surface area contributed by atoms with Crippen molar-refractivity contribution >= 4 is 23.3 Å². The molecule has 3 heteroatoms. The molecule has 0 amide bonds. The number of hydrogen-bond donors (Lipinski definition) is 1. The highest BCUT2D eigenvalue weighted by atomic mass is 15.4. The van der Waals surface area contributed by atoms with Crippen LogP contribution in [0.1, 0.15) is 16.6 Å². The van der Waals surface area contributed by atoms with Gasteiger partial charge in [-0.2, -0.15) is 5.10 Å². The highest BCUT2D eigenvalue weighted by Crippen LogP contribution is 2.29. The SMILES string of the molecule is [2H]C1=C([2H])c2c(ccc([2H])c2[2H])NN=C1N1CCc2ccccc21. The number of hydrogen-bond acceptors (Lipinski definition) is 3. The van der Waals surface area contributed by atoms with Gasteiger partial charge in [-0.3, -0.25) is 5.43 Å². The van der Waals surface area contributed by atoms with E-state index in [0.717, 1.165) is 12.1 Å². The summed E-state index contributed by atoms with van der Waals surface area (Å²) in [7, 11) is 0. The molecule has 0 unspecified atom stereocenters. The second-order valence-electron chi connectivity index (χ2n) is 4.72. The number of anilines is 2. The summed E-state index contributed by atoms with van der Waals surface area (Å²) in [5.74, 6) is 0.368. The number of nitrogens with zero attached hydrogens (tertiary/aromatic N) is 2. The zero-order valence-corrected chi connectivity index (χ0v) is 10.8. The number of amidine groups is 1. The van der Waals surface area contributed by atoms with Gasteiger partial charge in [-0.05, 0) is 41.8 Å². The van der Waals surface area contributed by atoms with E-state index in [1.807, 2.05) is 23.1 Å². The molecular weight excluding hydrogens is 246 g/mol. The maximum atomic E-state index is 8.41. The predicted molar refractivity (Wildman–Crippen MR) is 84.0 cm³/mol. The van der Waals surface area contributed by atoms with E-state index in [-0.39, 0.29) is 29.8 Å². The summed E-state index contributed by atoms with van der Waals surface area (Å²) in [5, 5.41) is 4.33. The average molecular weight is 265 g/mol. The summed E-state index contributed by atoms with van der Waals surface area (Å²) >= 11 is 0. The quantitative estimate of drug-likeness (QED) is 0.789. The van der Waals surface area contributed by atoms with Crippen molar-refractivity contribution in [3.8, 4) is 0 Å². The van der Waals surface area contributed by atoms with E-state index in [2.05, 4.69) is 16.6 Å². The summed E-state index contributed by atoms with van der Waals surface area (Å²) in [4.78, 5) is 1.93. The smallest absolute Gasteiger partial charge is 0.153 e. The third kappa shape index (κ3) is 1.79. The number of fused-ring (bicyclic) bond motifs is 2. The molecule has 1 N–H and O–H groups in total. The predicted octanol–water partition coefficient (Wildman–Crippen LogP) is 3.50. The Morgan fingerprint density at radius 2 is 2.10 bits per heavy atom. The Morgan fingerprint density at radius 1 is 1.15 bits per heavy atom. The van der Waals surface area contributed by atoms with Crippen LogP contribution in [0.5, 0.6) is 0 Å². The Morgan fingerprint density at radius 3 is 3.10 bits per heavy atom. The molecule has 0 saturated carbocycles. The molecule has 0 spiro atoms. The van der Waals surface area contributed by atoms with Crippen LogP contribution >= 0.6 is 0 Å². The van der Waals surface area contributed by atoms with Crippen LogP contribution in [-0.2, 0) is 6.42 Å². The molecule has 2 aliphatic rings. The van der Waals surface area contributed by atoms with Gasteiger partial charge in [0.25, 0.3) is 0 Å². The minimum atomic E-state index is -0.0859. The van der Waals surface area contributed by atoms with Crippen molar-refractivity contribution in [2.24, 2.45) is 5.10 Å². The first-order valence-electron chi connectivity index (χ1n) is 8.55. The van der Waals surface area contributed by atoms with Crippen molar-refractivity contribution in [3.05, 3.63) is 65.7 Å². The molecule has 0 saturated heterocycles. The van der Waals surface area contributed by atoms with Crippen LogP contribution in [0, 0.1) is 0 Å². The van der Waals surface area contributed by atoms with Gasteiger partial charge >= 0.3 is 0 Å². The molecule has 0 aliphatic carbocycles. The molecule has 2 aromatic carbocycles. The van der Waals surface area contributed by atoms with E-state index >= 15 is 0 Å². The van der Waals surface area contributed by atoms with Gasteiger partial charge in [-0.25, -0.2) is 0 Å². The fraction of sp³-hybridized carbons (Fsp3) is 0.118. The molecule has 0 radical (unpaired) electrons. The lowest BCUT2D eigenvalue weighted by Crippen LogP contribution is -2.27. The van der Waals surface area contributed by atoms with E-state index in [9.17, 15) is 0 Å². The van der Waals surface area contributed by atoms with Crippen molar-refractivity contribution in [2.75, 3.05) is 16.9 Å². The number of benzene rings is 2. The van der Waals surface area contributed by atoms with Crippen LogP contribution in [-0.4, -0.2) is 12.4 Å². The van der Waals surface area contributed by atoms with Crippen molar-refractivity contribution in [1.82, 2.24) is 0 Å². The lowest BCUT2D eigenvalue weighted by molar-refractivity contribution is 1.02. The van der Waals surface area contributed by atoms with Gasteiger partial charge in [-0.15, -0.1) is 0 Å². The normalized spacial score (nSPS) is 19.8. The first-order valence-corrected chi connectivity index (χ1v) is 6.55. The van der Waals surface area contributed by atoms with Gasteiger partial charge in [0, 0.05) is 12.2 Å². The van der Waals surface area contributed by atoms with Crippen LogP contribution in [0.4, 0.5) is 11.4 Å². The van der Waals surface area contributed by atoms with Gasteiger partial charge in [0.2, 0.25) is 0 Å². The second-order valence-corrected chi connectivity index (χ2v) is 4.72. The van der Waals surface area contributed by atoms with E-state index in [0.29, 0.717) is 18.1 Å². The maximum absolute atomic E-state index is 8.41. The monoisotopic (exact) mass is 265 g/mol. The number of hydrazone groups is 1. The standard InChI is InChI=1S/C17H15N3/c1-3-7-15-13(5-1)9-10-17(19-18-15)20-12-11-14-6-2-4-8-16(14)20/h1-10,18H,11-12H2/i1D,5D,9D,10D. The largest absolute Gasteiger partial charge is 0.324 e. The Labute approximate surface area is 123 Å². The fourth-order valence-corrected chi connectivity index (χ4v) is 2.53. The molecular formula is C17H15N3. The van der Waals surface area contributed by atoms with E-state index in [1.54, 1.807) is 6.07 Å². The third-order valence-corrected chi connectivity index (χ3v) is 3.52. The van der Waals surface area contributed by atoms with Crippen LogP contribution in [0.25, 0.3) is 6.05 Å². The molecule has 2 aliphatic heterocycles. The van der Waals surface area contributed by atoms with Crippen molar-refractivity contribution in [3.63, 3.8) is 0 Å². The Hall–Kier alpha value is -2.55. The maximum Gasteiger partial charge on any atom is 0.153 e. The topological polar surface area (TPSA) is 27.6 Å². The first-order chi connectivity index (χ1) is 11.6. The molecule has 2 aromatic rings. The number of para-hydroxylation sites is 2. The molecule has 20 heavy (non-hydrogen) atoms. The molecule has 3 nitrogen and oxygen atoms in total. The Balaban J connectivity index is 1.84. The molecule has 4 rings (SSSR count). The van der Waals surface area contributed by atoms with E-state index < -0.39 is 0 Å². The van der Waals surface area contributed by atoms with Crippen molar-refractivity contribution < 1.29 is 5.48 Å². The summed E-state index contributed by atoms with van der Waals surface area (Å²) in [6.07, 6.45) is 0.864. The number of rotatable bonds is 0. The van der Waals surface area contributed by atoms with Gasteiger partial charge in [0.15, 0.2) is 5.84 Å². The summed E-state index contributed by atoms with van der Waals surface area (Å²) in [6, 6.07) is 10.9. The molecule has 98 valence electrons. The van der Waals surface area contributed by atoms with Gasteiger partial charge in [-0.1, -0.05) is 36.4 Å². The lowest BCUT2D eigenvalue weighted by atomic mass is 10.1. The molecule has 0 bridgehead atoms. The average Bonchev–Trinajstić information content (AvgIpc) is 2.96. The third-order valence-electron chi connectivity index (χ3n) is 3.52. The fourth-order valence-electron chi connectivity index (χ4n) is 2.53. The van der Waals surface area contributed by atoms with E-state index in [1.165, 1.54) is 11.6 Å². The van der Waals surface area contributed by atoms with Gasteiger partial charge in [0.05, 0.1) is 11.2 Å². The van der Waals surface area contributed by atoms with Gasteiger partial charge in [0.1, 0.15) is 0 Å². The van der Waals surface area contributed by atoms with Crippen LogP contribution in [0.3, 0.4) is 0 Å². The Kier molecular flexibility index (Phi) is 1.79. The summed E-state index contributed by atoms with van der Waals surface area (Å²) in [6.45, 7) is 0.698. The van der Waals surface area contributed by atoms with Crippen LogP contribution in [0.2, 0.25) is 0 Å². The minimum Gasteiger partial charge on any atom is -0.324 e. The van der Waals surface area contributed by atoms with Crippen molar-refractivity contribution in [1.29, 1.82) is 0 Å². The molecule has 0 atom stereocenters. The van der Waals surface area contributed by atoms with Gasteiger partial charge < -0.3 is 4.90 Å². The van der Waals surface area contributed by atoms with Crippen LogP contribution in [0.15, 0.2) is 59.6 Å². The minimum absolute atomic E-state index is 0.0306. The first kappa shape index (κ1) is 7.90. The second kappa shape index (κ2) is 4.53. The van der Waals surface area contributed by atoms with Crippen molar-refractivity contribution in [2.45, 2.75) is 6.42 Å². The molecule has 0 aromatic heterocycles. The highest BCUT2D eigenvalue weighted by Gasteiger charge is 2.22. The Bertz CT molecular complexity index is 905. The van der Waals surface area contributed by atoms with E-state index in [4.69, 9.17) is 5.48 Å². The van der Waals surface area contributed by atoms with Crippen LogP contribution < -0.4 is 10.3 Å².